The van der Waals surface area contributed by atoms with Crippen molar-refractivity contribution < 1.29 is 5.11 Å². The van der Waals surface area contributed by atoms with Gasteiger partial charge in [-0.2, -0.15) is 0 Å². The van der Waals surface area contributed by atoms with E-state index in [1.165, 1.54) is 44.1 Å². The molecule has 2 atom stereocenters. The highest BCUT2D eigenvalue weighted by molar-refractivity contribution is 5.18. The van der Waals surface area contributed by atoms with Gasteiger partial charge in [0.1, 0.15) is 0 Å². The Kier molecular flexibility index (Phi) is 8.57. The Morgan fingerprint density at radius 3 is 2.32 bits per heavy atom. The minimum Gasteiger partial charge on any atom is -0.396 e. The van der Waals surface area contributed by atoms with Gasteiger partial charge in [0.05, 0.1) is 0 Å². The van der Waals surface area contributed by atoms with E-state index in [-0.39, 0.29) is 0 Å². The maximum Gasteiger partial charge on any atom is 0.0459 e. The monoisotopic (exact) mass is 262 g/mol. The van der Waals surface area contributed by atoms with Crippen LogP contribution in [0.3, 0.4) is 0 Å². The summed E-state index contributed by atoms with van der Waals surface area (Å²) >= 11 is 0. The average molecular weight is 262 g/mol. The number of hydrogen-bond donors (Lipinski definition) is 1. The van der Waals surface area contributed by atoms with Crippen LogP contribution < -0.4 is 0 Å². The number of unbranched alkanes of at least 4 members (excludes halogenated alkanes) is 3. The average Bonchev–Trinajstić information content (AvgIpc) is 2.47. The first-order valence-corrected chi connectivity index (χ1v) is 7.93. The third-order valence-corrected chi connectivity index (χ3v) is 4.10. The van der Waals surface area contributed by atoms with E-state index in [2.05, 4.69) is 44.2 Å². The van der Waals surface area contributed by atoms with E-state index < -0.39 is 0 Å². The zero-order chi connectivity index (χ0) is 13.9. The predicted molar refractivity (Wildman–Crippen MR) is 83.4 cm³/mol. The lowest BCUT2D eigenvalue weighted by atomic mass is 9.89. The van der Waals surface area contributed by atoms with Gasteiger partial charge in [-0.1, -0.05) is 69.9 Å². The maximum atomic E-state index is 9.47. The van der Waals surface area contributed by atoms with Crippen molar-refractivity contribution in [2.45, 2.75) is 64.7 Å². The third kappa shape index (κ3) is 6.77. The molecule has 0 amide bonds. The van der Waals surface area contributed by atoms with Crippen LogP contribution in [0.4, 0.5) is 0 Å². The second-order valence-electron chi connectivity index (χ2n) is 5.79. The molecule has 1 rings (SSSR count). The molecule has 1 nitrogen and oxygen atoms in total. The summed E-state index contributed by atoms with van der Waals surface area (Å²) in [5.41, 5.74) is 1.42. The Balaban J connectivity index is 2.24. The summed E-state index contributed by atoms with van der Waals surface area (Å²) in [6.07, 6.45) is 8.74. The maximum absolute atomic E-state index is 9.47. The van der Waals surface area contributed by atoms with Gasteiger partial charge in [-0.3, -0.25) is 0 Å². The van der Waals surface area contributed by atoms with E-state index in [1.54, 1.807) is 0 Å². The molecule has 1 aromatic carbocycles. The Hall–Kier alpha value is -0.820. The van der Waals surface area contributed by atoms with E-state index in [0.717, 1.165) is 6.42 Å². The van der Waals surface area contributed by atoms with Crippen molar-refractivity contribution >= 4 is 0 Å². The molecule has 0 aliphatic heterocycles. The van der Waals surface area contributed by atoms with Crippen molar-refractivity contribution in [3.05, 3.63) is 35.9 Å². The van der Waals surface area contributed by atoms with Gasteiger partial charge in [0.2, 0.25) is 0 Å². The molecular formula is C18H30O. The molecule has 1 aromatic rings. The second kappa shape index (κ2) is 10.0. The third-order valence-electron chi connectivity index (χ3n) is 4.10. The summed E-state index contributed by atoms with van der Waals surface area (Å²) in [5, 5.41) is 9.47. The normalized spacial score (nSPS) is 14.3. The van der Waals surface area contributed by atoms with E-state index >= 15 is 0 Å². The van der Waals surface area contributed by atoms with Crippen LogP contribution in [0, 0.1) is 5.92 Å². The van der Waals surface area contributed by atoms with Crippen LogP contribution in [0.5, 0.6) is 0 Å². The van der Waals surface area contributed by atoms with Gasteiger partial charge in [-0.15, -0.1) is 0 Å². The van der Waals surface area contributed by atoms with Crippen LogP contribution >= 0.6 is 0 Å². The summed E-state index contributed by atoms with van der Waals surface area (Å²) in [4.78, 5) is 0. The summed E-state index contributed by atoms with van der Waals surface area (Å²) in [5.74, 6) is 1.11. The standard InChI is InChI=1S/C18H30O/c1-3-4-5-7-10-17(15-19)14-13-16(2)18-11-8-6-9-12-18/h6,8-9,11-12,16-17,19H,3-5,7,10,13-15H2,1-2H3. The fourth-order valence-electron chi connectivity index (χ4n) is 2.62. The van der Waals surface area contributed by atoms with Crippen molar-refractivity contribution in [2.75, 3.05) is 6.61 Å². The molecule has 2 unspecified atom stereocenters. The van der Waals surface area contributed by atoms with Gasteiger partial charge < -0.3 is 5.11 Å². The topological polar surface area (TPSA) is 20.2 Å². The molecule has 0 aromatic heterocycles. The first-order chi connectivity index (χ1) is 9.27. The number of aliphatic hydroxyl groups is 1. The molecule has 0 bridgehead atoms. The fourth-order valence-corrected chi connectivity index (χ4v) is 2.62. The van der Waals surface area contributed by atoms with Crippen LogP contribution in [0.25, 0.3) is 0 Å². The van der Waals surface area contributed by atoms with E-state index in [0.29, 0.717) is 18.4 Å². The van der Waals surface area contributed by atoms with Gasteiger partial charge in [0, 0.05) is 6.61 Å². The Morgan fingerprint density at radius 1 is 0.947 bits per heavy atom. The van der Waals surface area contributed by atoms with Crippen LogP contribution in [-0.4, -0.2) is 11.7 Å². The molecule has 0 spiro atoms. The van der Waals surface area contributed by atoms with E-state index in [1.807, 2.05) is 0 Å². The quantitative estimate of drug-likeness (QED) is 0.578. The highest BCUT2D eigenvalue weighted by Crippen LogP contribution is 2.24. The van der Waals surface area contributed by atoms with Gasteiger partial charge in [0.25, 0.3) is 0 Å². The van der Waals surface area contributed by atoms with Crippen LogP contribution in [-0.2, 0) is 0 Å². The Morgan fingerprint density at radius 2 is 1.68 bits per heavy atom. The molecule has 0 heterocycles. The Bertz CT molecular complexity index is 307. The second-order valence-corrected chi connectivity index (χ2v) is 5.79. The van der Waals surface area contributed by atoms with Crippen molar-refractivity contribution in [3.8, 4) is 0 Å². The molecule has 0 saturated carbocycles. The smallest absolute Gasteiger partial charge is 0.0459 e. The molecular weight excluding hydrogens is 232 g/mol. The lowest BCUT2D eigenvalue weighted by molar-refractivity contribution is 0.203. The summed E-state index contributed by atoms with van der Waals surface area (Å²) in [6, 6.07) is 10.7. The molecule has 1 heteroatoms. The highest BCUT2D eigenvalue weighted by atomic mass is 16.3. The first-order valence-electron chi connectivity index (χ1n) is 7.93. The van der Waals surface area contributed by atoms with Crippen LogP contribution in [0.2, 0.25) is 0 Å². The summed E-state index contributed by atoms with van der Waals surface area (Å²) in [6.45, 7) is 4.89. The largest absolute Gasteiger partial charge is 0.396 e. The minimum absolute atomic E-state index is 0.355. The first kappa shape index (κ1) is 16.2. The van der Waals surface area contributed by atoms with Gasteiger partial charge in [-0.05, 0) is 36.7 Å². The zero-order valence-corrected chi connectivity index (χ0v) is 12.6. The fraction of sp³-hybridized carbons (Fsp3) is 0.667. The summed E-state index contributed by atoms with van der Waals surface area (Å²) < 4.78 is 0. The molecule has 108 valence electrons. The van der Waals surface area contributed by atoms with Gasteiger partial charge in [-0.25, -0.2) is 0 Å². The number of hydrogen-bond acceptors (Lipinski definition) is 1. The molecule has 0 saturated heterocycles. The van der Waals surface area contributed by atoms with Crippen molar-refractivity contribution in [2.24, 2.45) is 5.92 Å². The van der Waals surface area contributed by atoms with E-state index in [4.69, 9.17) is 0 Å². The molecule has 1 N–H and O–H groups in total. The molecule has 19 heavy (non-hydrogen) atoms. The Labute approximate surface area is 119 Å². The predicted octanol–water partition coefficient (Wildman–Crippen LogP) is 5.15. The lowest BCUT2D eigenvalue weighted by Crippen LogP contribution is -2.08. The number of rotatable bonds is 10. The molecule has 0 aliphatic carbocycles. The zero-order valence-electron chi connectivity index (χ0n) is 12.6. The van der Waals surface area contributed by atoms with Crippen molar-refractivity contribution in [1.82, 2.24) is 0 Å². The van der Waals surface area contributed by atoms with Crippen molar-refractivity contribution in [3.63, 3.8) is 0 Å². The van der Waals surface area contributed by atoms with Crippen LogP contribution in [0.1, 0.15) is 70.3 Å². The minimum atomic E-state index is 0.355. The SMILES string of the molecule is CCCCCCC(CO)CCC(C)c1ccccc1. The molecule has 0 aliphatic rings. The van der Waals surface area contributed by atoms with Gasteiger partial charge in [0.15, 0.2) is 0 Å². The summed E-state index contributed by atoms with van der Waals surface area (Å²) in [7, 11) is 0. The molecule has 0 fully saturated rings. The van der Waals surface area contributed by atoms with Crippen LogP contribution in [0.15, 0.2) is 30.3 Å². The lowest BCUT2D eigenvalue weighted by Gasteiger charge is -2.17. The molecule has 0 radical (unpaired) electrons. The number of benzene rings is 1. The van der Waals surface area contributed by atoms with Gasteiger partial charge >= 0.3 is 0 Å². The highest BCUT2D eigenvalue weighted by Gasteiger charge is 2.11. The van der Waals surface area contributed by atoms with Crippen molar-refractivity contribution in [1.29, 1.82) is 0 Å². The van der Waals surface area contributed by atoms with E-state index in [9.17, 15) is 5.11 Å². The number of aliphatic hydroxyl groups excluding tert-OH is 1.